The van der Waals surface area contributed by atoms with Gasteiger partial charge in [0, 0.05) is 0 Å². The van der Waals surface area contributed by atoms with Crippen LogP contribution in [0, 0.1) is 6.92 Å². The van der Waals surface area contributed by atoms with Crippen LogP contribution >= 0.6 is 34.8 Å². The van der Waals surface area contributed by atoms with Gasteiger partial charge < -0.3 is 4.84 Å². The van der Waals surface area contributed by atoms with Crippen molar-refractivity contribution in [1.82, 2.24) is 0 Å². The van der Waals surface area contributed by atoms with E-state index in [1.54, 1.807) is 24.3 Å². The Kier molecular flexibility index (Phi) is 5.75. The Bertz CT molecular complexity index is 415. The molecule has 0 bridgehead atoms. The molecule has 0 spiro atoms. The third-order valence-corrected chi connectivity index (χ3v) is 2.70. The van der Waals surface area contributed by atoms with Gasteiger partial charge in [-0.3, -0.25) is 0 Å². The van der Waals surface area contributed by atoms with Gasteiger partial charge in [0.25, 0.3) is 0 Å². The molecule has 0 aromatic heterocycles. The molecular weight excluding hydrogens is 284 g/mol. The van der Waals surface area contributed by atoms with Crippen LogP contribution in [0.2, 0.25) is 0 Å². The van der Waals surface area contributed by atoms with Gasteiger partial charge in [0.1, 0.15) is 10.5 Å². The largest absolute Gasteiger partial charge is 0.365 e. The lowest BCUT2D eigenvalue weighted by Crippen LogP contribution is -2.12. The van der Waals surface area contributed by atoms with Crippen molar-refractivity contribution in [3.63, 3.8) is 0 Å². The van der Waals surface area contributed by atoms with Crippen molar-refractivity contribution < 1.29 is 9.63 Å². The summed E-state index contributed by atoms with van der Waals surface area (Å²) in [7, 11) is 0. The van der Waals surface area contributed by atoms with E-state index in [9.17, 15) is 4.79 Å². The maximum absolute atomic E-state index is 11.5. The van der Waals surface area contributed by atoms with E-state index in [1.165, 1.54) is 0 Å². The van der Waals surface area contributed by atoms with Gasteiger partial charge in [-0.2, -0.15) is 0 Å². The number of hydrogen-bond donors (Lipinski definition) is 0. The molecule has 0 heterocycles. The van der Waals surface area contributed by atoms with Crippen LogP contribution in [0.25, 0.3) is 0 Å². The number of alkyl halides is 3. The number of aryl methyl sites for hydroxylation is 1. The van der Waals surface area contributed by atoms with Crippen LogP contribution in [-0.4, -0.2) is 22.4 Å². The second-order valence-corrected chi connectivity index (χ2v) is 4.63. The highest BCUT2D eigenvalue weighted by Gasteiger charge is 2.11. The average Bonchev–Trinajstić information content (AvgIpc) is 2.30. The van der Waals surface area contributed by atoms with Gasteiger partial charge in [-0.1, -0.05) is 46.1 Å². The predicted molar refractivity (Wildman–Crippen MR) is 70.2 cm³/mol. The fourth-order valence-corrected chi connectivity index (χ4v) is 1.56. The fraction of sp³-hybridized carbons (Fsp3) is 0.273. The zero-order valence-electron chi connectivity index (χ0n) is 8.99. The van der Waals surface area contributed by atoms with Crippen LogP contribution < -0.4 is 0 Å². The van der Waals surface area contributed by atoms with Crippen LogP contribution in [0.15, 0.2) is 29.4 Å². The van der Waals surface area contributed by atoms with Crippen molar-refractivity contribution in [2.45, 2.75) is 11.8 Å². The molecule has 1 aromatic carbocycles. The zero-order chi connectivity index (χ0) is 12.8. The Hall–Kier alpha value is -0.770. The van der Waals surface area contributed by atoms with E-state index >= 15 is 0 Å². The van der Waals surface area contributed by atoms with Crippen LogP contribution in [0.4, 0.5) is 0 Å². The van der Waals surface area contributed by atoms with Gasteiger partial charge in [0.05, 0.1) is 11.4 Å². The number of benzene rings is 1. The van der Waals surface area contributed by atoms with E-state index in [0.29, 0.717) is 5.56 Å². The number of halogens is 3. The summed E-state index contributed by atoms with van der Waals surface area (Å²) < 4.78 is 0. The second-order valence-electron chi connectivity index (χ2n) is 3.26. The molecule has 0 aliphatic heterocycles. The molecule has 3 nitrogen and oxygen atoms in total. The van der Waals surface area contributed by atoms with E-state index in [0.717, 1.165) is 5.56 Å². The highest BCUT2D eigenvalue weighted by molar-refractivity contribution is 6.56. The average molecular weight is 295 g/mol. The molecule has 1 rings (SSSR count). The third kappa shape index (κ3) is 4.54. The van der Waals surface area contributed by atoms with E-state index in [2.05, 4.69) is 9.99 Å². The molecule has 0 N–H and O–H groups in total. The molecule has 0 aliphatic rings. The normalized spacial score (nSPS) is 11.7. The number of carbonyl (C=O) groups excluding carboxylic acids is 1. The monoisotopic (exact) mass is 293 g/mol. The zero-order valence-corrected chi connectivity index (χ0v) is 11.3. The minimum atomic E-state index is -0.890. The molecular formula is C11H10Cl3NO2. The molecule has 0 unspecified atom stereocenters. The van der Waals surface area contributed by atoms with Crippen molar-refractivity contribution in [2.75, 3.05) is 5.88 Å². The van der Waals surface area contributed by atoms with Gasteiger partial charge >= 0.3 is 5.97 Å². The summed E-state index contributed by atoms with van der Waals surface area (Å²) in [5.74, 6) is -0.583. The lowest BCUT2D eigenvalue weighted by atomic mass is 10.2. The molecule has 17 heavy (non-hydrogen) atoms. The Morgan fingerprint density at radius 1 is 1.35 bits per heavy atom. The minimum absolute atomic E-state index is 0.00115. The van der Waals surface area contributed by atoms with Crippen LogP contribution in [0.1, 0.15) is 15.9 Å². The summed E-state index contributed by atoms with van der Waals surface area (Å²) in [4.78, 5) is 15.3. The van der Waals surface area contributed by atoms with Crippen molar-refractivity contribution in [2.24, 2.45) is 5.16 Å². The predicted octanol–water partition coefficient (Wildman–Crippen LogP) is 3.55. The first-order valence-electron chi connectivity index (χ1n) is 4.73. The summed E-state index contributed by atoms with van der Waals surface area (Å²) in [5, 5.41) is 3.51. The van der Waals surface area contributed by atoms with Crippen LogP contribution in [-0.2, 0) is 4.84 Å². The molecule has 1 aromatic rings. The minimum Gasteiger partial charge on any atom is -0.313 e. The smallest absolute Gasteiger partial charge is 0.313 e. The highest BCUT2D eigenvalue weighted by atomic mass is 35.5. The number of oxime groups is 1. The molecule has 0 atom stereocenters. The Morgan fingerprint density at radius 3 is 2.41 bits per heavy atom. The van der Waals surface area contributed by atoms with Gasteiger partial charge in [0.2, 0.25) is 0 Å². The molecule has 0 aliphatic carbocycles. The van der Waals surface area contributed by atoms with E-state index in [4.69, 9.17) is 34.8 Å². The van der Waals surface area contributed by atoms with E-state index in [-0.39, 0.29) is 11.6 Å². The highest BCUT2D eigenvalue weighted by Crippen LogP contribution is 2.09. The Morgan fingerprint density at radius 2 is 1.94 bits per heavy atom. The molecule has 92 valence electrons. The number of rotatable bonds is 4. The maximum Gasteiger partial charge on any atom is 0.365 e. The molecule has 0 saturated carbocycles. The molecule has 0 amide bonds. The standard InChI is InChI=1S/C11H10Cl3NO2/c1-7-2-4-8(5-3-7)11(16)17-15-9(6-12)10(13)14/h2-5,10H,6H2,1H3/b15-9+. The maximum atomic E-state index is 11.5. The van der Waals surface area contributed by atoms with Gasteiger partial charge in [0.15, 0.2) is 0 Å². The van der Waals surface area contributed by atoms with Crippen LogP contribution in [0.5, 0.6) is 0 Å². The van der Waals surface area contributed by atoms with Crippen molar-refractivity contribution >= 4 is 46.5 Å². The van der Waals surface area contributed by atoms with Crippen molar-refractivity contribution in [3.05, 3.63) is 35.4 Å². The summed E-state index contributed by atoms with van der Waals surface area (Å²) in [6, 6.07) is 6.89. The van der Waals surface area contributed by atoms with Gasteiger partial charge in [-0.15, -0.1) is 11.6 Å². The molecule has 0 saturated heterocycles. The molecule has 0 radical (unpaired) electrons. The Labute approximate surface area is 114 Å². The van der Waals surface area contributed by atoms with E-state index in [1.807, 2.05) is 6.92 Å². The summed E-state index contributed by atoms with van der Waals surface area (Å²) in [6.07, 6.45) is 0. The van der Waals surface area contributed by atoms with Crippen LogP contribution in [0.3, 0.4) is 0 Å². The van der Waals surface area contributed by atoms with Gasteiger partial charge in [-0.25, -0.2) is 4.79 Å². The first kappa shape index (κ1) is 14.3. The van der Waals surface area contributed by atoms with E-state index < -0.39 is 10.8 Å². The molecule has 0 fully saturated rings. The first-order valence-corrected chi connectivity index (χ1v) is 6.14. The Balaban J connectivity index is 2.70. The molecule has 6 heteroatoms. The summed E-state index contributed by atoms with van der Waals surface area (Å²) in [6.45, 7) is 1.92. The number of carbonyl (C=O) groups is 1. The third-order valence-electron chi connectivity index (χ3n) is 1.92. The lowest BCUT2D eigenvalue weighted by molar-refractivity contribution is 0.0516. The topological polar surface area (TPSA) is 38.7 Å². The fourth-order valence-electron chi connectivity index (χ4n) is 0.965. The second kappa shape index (κ2) is 6.84. The van der Waals surface area contributed by atoms with Crippen molar-refractivity contribution in [3.8, 4) is 0 Å². The summed E-state index contributed by atoms with van der Waals surface area (Å²) >= 11 is 16.6. The number of nitrogens with zero attached hydrogens (tertiary/aromatic N) is 1. The first-order chi connectivity index (χ1) is 8.04. The van der Waals surface area contributed by atoms with Gasteiger partial charge in [-0.05, 0) is 19.1 Å². The quantitative estimate of drug-likeness (QED) is 0.369. The van der Waals surface area contributed by atoms with Crippen molar-refractivity contribution in [1.29, 1.82) is 0 Å². The SMILES string of the molecule is Cc1ccc(C(=O)O/N=C(\CCl)C(Cl)Cl)cc1. The number of hydrogen-bond acceptors (Lipinski definition) is 3. The lowest BCUT2D eigenvalue weighted by Gasteiger charge is -2.02. The summed E-state index contributed by atoms with van der Waals surface area (Å²) in [5.41, 5.74) is 1.64.